The molecule has 2 aromatic carbocycles. The topological polar surface area (TPSA) is 75.3 Å². The minimum atomic E-state index is -3.38. The van der Waals surface area contributed by atoms with Crippen LogP contribution >= 0.6 is 22.9 Å². The molecule has 154 valence electrons. The standard InChI is InChI=1S/C22H19ClN2O3S2/c1-30(27,28)21-17-10-6-5-9-16(17)20(29-21)25-22(26)24-19-12-11-15(13-18(19)23)14-7-3-2-4-8-14/h2-4,6-8,10-13H,5,9H2,1H3,(H2,24,25,26). The van der Waals surface area contributed by atoms with Crippen LogP contribution in [-0.4, -0.2) is 20.7 Å². The molecular formula is C22H19ClN2O3S2. The maximum absolute atomic E-state index is 12.6. The van der Waals surface area contributed by atoms with Crippen LogP contribution in [0.25, 0.3) is 17.2 Å². The predicted octanol–water partition coefficient (Wildman–Crippen LogP) is 6.08. The molecule has 5 nitrogen and oxygen atoms in total. The maximum atomic E-state index is 12.6. The lowest BCUT2D eigenvalue weighted by Crippen LogP contribution is -2.19. The molecule has 0 saturated heterocycles. The molecule has 2 amide bonds. The van der Waals surface area contributed by atoms with Gasteiger partial charge in [0.1, 0.15) is 9.21 Å². The van der Waals surface area contributed by atoms with Crippen LogP contribution in [-0.2, 0) is 16.3 Å². The lowest BCUT2D eigenvalue weighted by atomic mass is 10.0. The molecule has 4 rings (SSSR count). The zero-order valence-corrected chi connectivity index (χ0v) is 18.5. The summed E-state index contributed by atoms with van der Waals surface area (Å²) >= 11 is 7.46. The number of carbonyl (C=O) groups is 1. The molecule has 0 radical (unpaired) electrons. The number of nitrogens with one attached hydrogen (secondary N) is 2. The summed E-state index contributed by atoms with van der Waals surface area (Å²) in [7, 11) is -3.38. The zero-order chi connectivity index (χ0) is 21.3. The Balaban J connectivity index is 1.55. The highest BCUT2D eigenvalue weighted by molar-refractivity contribution is 7.93. The van der Waals surface area contributed by atoms with Crippen molar-refractivity contribution in [2.75, 3.05) is 16.9 Å². The zero-order valence-electron chi connectivity index (χ0n) is 16.1. The van der Waals surface area contributed by atoms with Crippen molar-refractivity contribution in [2.45, 2.75) is 17.1 Å². The van der Waals surface area contributed by atoms with E-state index < -0.39 is 15.9 Å². The van der Waals surface area contributed by atoms with Crippen LogP contribution in [0.3, 0.4) is 0 Å². The summed E-state index contributed by atoms with van der Waals surface area (Å²) in [5.41, 5.74) is 3.98. The van der Waals surface area contributed by atoms with Crippen molar-refractivity contribution in [1.29, 1.82) is 0 Å². The third-order valence-corrected chi connectivity index (χ3v) is 8.07. The summed E-state index contributed by atoms with van der Waals surface area (Å²) in [4.78, 5) is 12.6. The third kappa shape index (κ3) is 4.28. The summed E-state index contributed by atoms with van der Waals surface area (Å²) in [6.45, 7) is 0. The normalized spacial score (nSPS) is 13.0. The largest absolute Gasteiger partial charge is 0.324 e. The first kappa shape index (κ1) is 20.7. The Morgan fingerprint density at radius 1 is 1.07 bits per heavy atom. The van der Waals surface area contributed by atoms with E-state index in [1.165, 1.54) is 6.26 Å². The molecule has 0 unspecified atom stereocenters. The van der Waals surface area contributed by atoms with Crippen molar-refractivity contribution in [2.24, 2.45) is 0 Å². The molecule has 1 aromatic heterocycles. The van der Waals surface area contributed by atoms with E-state index in [2.05, 4.69) is 10.6 Å². The molecule has 8 heteroatoms. The second-order valence-corrected chi connectivity index (χ2v) is 10.6. The van der Waals surface area contributed by atoms with Gasteiger partial charge in [-0.1, -0.05) is 60.2 Å². The van der Waals surface area contributed by atoms with Gasteiger partial charge in [-0.15, -0.1) is 11.3 Å². The van der Waals surface area contributed by atoms with E-state index >= 15 is 0 Å². The van der Waals surface area contributed by atoms with Crippen LogP contribution in [0, 0.1) is 0 Å². The van der Waals surface area contributed by atoms with Gasteiger partial charge >= 0.3 is 6.03 Å². The molecule has 1 aliphatic carbocycles. The summed E-state index contributed by atoms with van der Waals surface area (Å²) in [6, 6.07) is 14.8. The molecule has 1 aliphatic rings. The number of allylic oxidation sites excluding steroid dienone is 1. The molecule has 2 N–H and O–H groups in total. The predicted molar refractivity (Wildman–Crippen MR) is 124 cm³/mol. The van der Waals surface area contributed by atoms with Gasteiger partial charge in [-0.05, 0) is 41.7 Å². The van der Waals surface area contributed by atoms with Gasteiger partial charge in [0.15, 0.2) is 9.84 Å². The Kier molecular flexibility index (Phi) is 5.69. The second-order valence-electron chi connectivity index (χ2n) is 6.96. The fraction of sp³-hybridized carbons (Fsp3) is 0.136. The van der Waals surface area contributed by atoms with Crippen LogP contribution in [0.1, 0.15) is 17.5 Å². The summed E-state index contributed by atoms with van der Waals surface area (Å²) in [5.74, 6) is 0. The highest BCUT2D eigenvalue weighted by Crippen LogP contribution is 2.40. The van der Waals surface area contributed by atoms with Crippen molar-refractivity contribution in [3.05, 3.63) is 70.8 Å². The number of amides is 2. The van der Waals surface area contributed by atoms with Gasteiger partial charge in [0, 0.05) is 11.8 Å². The molecule has 0 atom stereocenters. The van der Waals surface area contributed by atoms with Gasteiger partial charge in [0.2, 0.25) is 0 Å². The first-order chi connectivity index (χ1) is 14.3. The van der Waals surface area contributed by atoms with Gasteiger partial charge < -0.3 is 5.32 Å². The molecule has 30 heavy (non-hydrogen) atoms. The number of hydrogen-bond acceptors (Lipinski definition) is 4. The van der Waals surface area contributed by atoms with Crippen LogP contribution in [0.15, 0.2) is 58.8 Å². The van der Waals surface area contributed by atoms with E-state index in [1.54, 1.807) is 12.1 Å². The van der Waals surface area contributed by atoms with Crippen LogP contribution < -0.4 is 10.6 Å². The van der Waals surface area contributed by atoms with E-state index in [9.17, 15) is 13.2 Å². The van der Waals surface area contributed by atoms with Gasteiger partial charge in [0.05, 0.1) is 10.7 Å². The van der Waals surface area contributed by atoms with Crippen molar-refractivity contribution in [3.63, 3.8) is 0 Å². The van der Waals surface area contributed by atoms with Crippen molar-refractivity contribution < 1.29 is 13.2 Å². The van der Waals surface area contributed by atoms with Gasteiger partial charge in [-0.2, -0.15) is 0 Å². The number of fused-ring (bicyclic) bond motifs is 1. The van der Waals surface area contributed by atoms with Gasteiger partial charge in [-0.3, -0.25) is 5.32 Å². The number of anilines is 2. The van der Waals surface area contributed by atoms with Crippen molar-refractivity contribution >= 4 is 55.6 Å². The lowest BCUT2D eigenvalue weighted by molar-refractivity contribution is 0.262. The van der Waals surface area contributed by atoms with Crippen molar-refractivity contribution in [1.82, 2.24) is 0 Å². The number of halogens is 1. The highest BCUT2D eigenvalue weighted by Gasteiger charge is 2.25. The Labute approximate surface area is 184 Å². The fourth-order valence-electron chi connectivity index (χ4n) is 3.36. The van der Waals surface area contributed by atoms with E-state index in [-0.39, 0.29) is 4.21 Å². The number of thiophene rings is 1. The summed E-state index contributed by atoms with van der Waals surface area (Å²) < 4.78 is 24.5. The minimum Gasteiger partial charge on any atom is -0.306 e. The number of rotatable bonds is 4. The number of benzene rings is 2. The molecule has 0 spiro atoms. The summed E-state index contributed by atoms with van der Waals surface area (Å²) in [5, 5.41) is 6.51. The molecule has 0 bridgehead atoms. The Morgan fingerprint density at radius 2 is 1.83 bits per heavy atom. The number of hydrogen-bond donors (Lipinski definition) is 2. The first-order valence-corrected chi connectivity index (χ1v) is 12.4. The van der Waals surface area contributed by atoms with E-state index in [0.717, 1.165) is 34.4 Å². The molecule has 0 fully saturated rings. The van der Waals surface area contributed by atoms with Crippen molar-refractivity contribution in [3.8, 4) is 11.1 Å². The van der Waals surface area contributed by atoms with Gasteiger partial charge in [0.25, 0.3) is 0 Å². The van der Waals surface area contributed by atoms with Crippen LogP contribution in [0.2, 0.25) is 5.02 Å². The Hall–Kier alpha value is -2.61. The third-order valence-electron chi connectivity index (χ3n) is 4.75. The minimum absolute atomic E-state index is 0.272. The Morgan fingerprint density at radius 3 is 2.53 bits per heavy atom. The van der Waals surface area contributed by atoms with E-state index in [0.29, 0.717) is 27.7 Å². The number of urea groups is 1. The smallest absolute Gasteiger partial charge is 0.306 e. The SMILES string of the molecule is CS(=O)(=O)c1sc(NC(=O)Nc2ccc(-c3ccccc3)cc2Cl)c2c1C=CCC2. The Bertz CT molecular complexity index is 1250. The average molecular weight is 459 g/mol. The highest BCUT2D eigenvalue weighted by atomic mass is 35.5. The lowest BCUT2D eigenvalue weighted by Gasteiger charge is -2.12. The van der Waals surface area contributed by atoms with Gasteiger partial charge in [-0.25, -0.2) is 13.2 Å². The molecule has 3 aromatic rings. The van der Waals surface area contributed by atoms with Crippen LogP contribution in [0.4, 0.5) is 15.5 Å². The van der Waals surface area contributed by atoms with E-state index in [1.807, 2.05) is 48.6 Å². The first-order valence-electron chi connectivity index (χ1n) is 9.28. The van der Waals surface area contributed by atoms with Crippen LogP contribution in [0.5, 0.6) is 0 Å². The molecule has 0 aliphatic heterocycles. The number of carbonyl (C=O) groups excluding carboxylic acids is 1. The average Bonchev–Trinajstić information content (AvgIpc) is 3.09. The monoisotopic (exact) mass is 458 g/mol. The number of sulfone groups is 1. The molecule has 1 heterocycles. The van der Waals surface area contributed by atoms with E-state index in [4.69, 9.17) is 11.6 Å². The molecular weight excluding hydrogens is 440 g/mol. The summed E-state index contributed by atoms with van der Waals surface area (Å²) in [6.07, 6.45) is 6.42. The molecule has 0 saturated carbocycles. The fourth-order valence-corrected chi connectivity index (χ4v) is 6.00. The maximum Gasteiger partial charge on any atom is 0.324 e. The quantitative estimate of drug-likeness (QED) is 0.497. The second kappa shape index (κ2) is 8.26.